The summed E-state index contributed by atoms with van der Waals surface area (Å²) in [6, 6.07) is 20.4. The fourth-order valence-electron chi connectivity index (χ4n) is 8.42. The molecule has 0 radical (unpaired) electrons. The van der Waals surface area contributed by atoms with Gasteiger partial charge in [0.1, 0.15) is 11.3 Å². The topological polar surface area (TPSA) is 111 Å². The molecule has 2 bridgehead atoms. The minimum atomic E-state index is -0.102. The molecule has 0 spiro atoms. The Hall–Kier alpha value is -4.89. The van der Waals surface area contributed by atoms with Gasteiger partial charge in [0, 0.05) is 65.8 Å². The maximum Gasteiger partial charge on any atom is 0.254 e. The fraction of sp³-hybridized carbons (Fsp3) is 0.342. The number of benzene rings is 3. The number of aryl methyl sites for hydroxylation is 2. The van der Waals surface area contributed by atoms with Crippen LogP contribution in [0.1, 0.15) is 41.6 Å². The van der Waals surface area contributed by atoms with E-state index in [1.165, 1.54) is 12.8 Å². The molecule has 3 aromatic heterocycles. The first-order chi connectivity index (χ1) is 22.8. The molecule has 2 saturated carbocycles. The number of fused-ring (bicyclic) bond motifs is 5. The van der Waals surface area contributed by atoms with Crippen LogP contribution < -0.4 is 16.0 Å². The second-order valence-electron chi connectivity index (χ2n) is 13.9. The van der Waals surface area contributed by atoms with Crippen molar-refractivity contribution in [2.45, 2.75) is 51.2 Å². The number of hydrogen-bond donors (Lipinski definition) is 2. The highest BCUT2D eigenvalue weighted by Gasteiger charge is 2.47. The van der Waals surface area contributed by atoms with Crippen LogP contribution in [0.15, 0.2) is 65.5 Å². The van der Waals surface area contributed by atoms with Gasteiger partial charge in [-0.1, -0.05) is 36.4 Å². The molecule has 238 valence electrons. The molecule has 3 N–H and O–H groups in total. The van der Waals surface area contributed by atoms with E-state index in [0.717, 1.165) is 80.4 Å². The first kappa shape index (κ1) is 28.3. The number of piperidine rings is 1. The lowest BCUT2D eigenvalue weighted by Crippen LogP contribution is -2.41. The normalized spacial score (nSPS) is 20.7. The highest BCUT2D eigenvalue weighted by molar-refractivity contribution is 6.05. The Labute approximate surface area is 271 Å². The Morgan fingerprint density at radius 1 is 1.02 bits per heavy atom. The molecule has 1 aliphatic heterocycles. The van der Waals surface area contributed by atoms with Crippen LogP contribution in [0, 0.1) is 18.8 Å². The number of ether oxygens (including phenoxy) is 1. The van der Waals surface area contributed by atoms with Crippen LogP contribution in [0.5, 0.6) is 5.75 Å². The Kier molecular flexibility index (Phi) is 6.21. The smallest absolute Gasteiger partial charge is 0.254 e. The number of aromatic amines is 1. The number of nitrogens with one attached hydrogen (secondary N) is 1. The molecule has 3 atom stereocenters. The number of pyridine rings is 1. The van der Waals surface area contributed by atoms with Gasteiger partial charge in [0.25, 0.3) is 5.91 Å². The van der Waals surface area contributed by atoms with E-state index in [1.807, 2.05) is 31.0 Å². The lowest BCUT2D eigenvalue weighted by atomic mass is 9.98. The molecular formula is C38H38N6O3. The van der Waals surface area contributed by atoms with E-state index in [1.54, 1.807) is 13.2 Å². The summed E-state index contributed by atoms with van der Waals surface area (Å²) >= 11 is 0. The number of carbonyl (C=O) groups excluding carboxylic acids is 1. The van der Waals surface area contributed by atoms with Crippen molar-refractivity contribution < 1.29 is 9.53 Å². The molecule has 9 heteroatoms. The lowest BCUT2D eigenvalue weighted by Gasteiger charge is -2.27. The highest BCUT2D eigenvalue weighted by Crippen LogP contribution is 2.42. The Morgan fingerprint density at radius 3 is 2.57 bits per heavy atom. The van der Waals surface area contributed by atoms with Gasteiger partial charge < -0.3 is 29.5 Å². The molecule has 0 unspecified atom stereocenters. The number of likely N-dealkylation sites (tertiary alicyclic amines) is 1. The zero-order valence-corrected chi connectivity index (χ0v) is 26.9. The molecule has 9 rings (SSSR count). The number of imidazole rings is 1. The van der Waals surface area contributed by atoms with Crippen molar-refractivity contribution in [2.75, 3.05) is 13.7 Å². The minimum Gasteiger partial charge on any atom is -0.494 e. The van der Waals surface area contributed by atoms with Crippen LogP contribution in [0.2, 0.25) is 0 Å². The number of amides is 1. The number of carbonyl (C=O) groups is 1. The summed E-state index contributed by atoms with van der Waals surface area (Å²) in [5.41, 5.74) is 14.5. The third kappa shape index (κ3) is 4.29. The first-order valence-corrected chi connectivity index (χ1v) is 16.7. The molecule has 6 aromatic rings. The van der Waals surface area contributed by atoms with Gasteiger partial charge >= 0.3 is 0 Å². The van der Waals surface area contributed by atoms with E-state index in [4.69, 9.17) is 15.5 Å². The number of rotatable bonds is 6. The van der Waals surface area contributed by atoms with Gasteiger partial charge in [-0.05, 0) is 68.2 Å². The molecule has 4 heterocycles. The standard InChI is InChI=1S/C38H38N6O3/c1-20-14-32(45)41-34-25(20)7-5-8-26(34)27-9-4-6-22-16-30(43(35(22)27)18-21-10-11-21)37-40-28-15-24(17-31(47-3)36(28)42(37)2)38(46)44-19-23-12-13-29(44)33(23)39/h4-9,14-17,21,23,29,33H,10-13,18-19,39H2,1-3H3,(H,41,45)/t23-,29-,33-/m1/s1. The molecule has 3 aliphatic rings. The predicted molar refractivity (Wildman–Crippen MR) is 185 cm³/mol. The van der Waals surface area contributed by atoms with Gasteiger partial charge in [0.15, 0.2) is 5.82 Å². The number of methoxy groups -OCH3 is 1. The summed E-state index contributed by atoms with van der Waals surface area (Å²) in [5.74, 6) is 2.42. The quantitative estimate of drug-likeness (QED) is 0.236. The van der Waals surface area contributed by atoms with Crippen molar-refractivity contribution in [3.8, 4) is 28.4 Å². The van der Waals surface area contributed by atoms with Crippen LogP contribution in [0.4, 0.5) is 0 Å². The minimum absolute atomic E-state index is 0.00379. The highest BCUT2D eigenvalue weighted by atomic mass is 16.5. The van der Waals surface area contributed by atoms with E-state index in [2.05, 4.69) is 56.6 Å². The summed E-state index contributed by atoms with van der Waals surface area (Å²) in [7, 11) is 3.67. The van der Waals surface area contributed by atoms with Crippen molar-refractivity contribution in [2.24, 2.45) is 24.6 Å². The zero-order valence-electron chi connectivity index (χ0n) is 26.9. The third-order valence-electron chi connectivity index (χ3n) is 11.0. The molecule has 3 fully saturated rings. The summed E-state index contributed by atoms with van der Waals surface area (Å²) < 4.78 is 10.4. The predicted octanol–water partition coefficient (Wildman–Crippen LogP) is 5.99. The van der Waals surface area contributed by atoms with Gasteiger partial charge in [-0.15, -0.1) is 0 Å². The second kappa shape index (κ2) is 10.3. The van der Waals surface area contributed by atoms with Crippen molar-refractivity contribution in [3.63, 3.8) is 0 Å². The molecule has 47 heavy (non-hydrogen) atoms. The van der Waals surface area contributed by atoms with Gasteiger partial charge in [-0.3, -0.25) is 9.59 Å². The van der Waals surface area contributed by atoms with E-state index in [9.17, 15) is 9.59 Å². The van der Waals surface area contributed by atoms with Crippen LogP contribution >= 0.6 is 0 Å². The summed E-state index contributed by atoms with van der Waals surface area (Å²) in [6.45, 7) is 3.57. The van der Waals surface area contributed by atoms with Crippen LogP contribution in [0.25, 0.3) is 55.5 Å². The molecule has 1 amide bonds. The van der Waals surface area contributed by atoms with Crippen LogP contribution in [0.3, 0.4) is 0 Å². The largest absolute Gasteiger partial charge is 0.494 e. The van der Waals surface area contributed by atoms with Gasteiger partial charge in [0.2, 0.25) is 5.56 Å². The van der Waals surface area contributed by atoms with Crippen molar-refractivity contribution in [1.82, 2.24) is 24.0 Å². The van der Waals surface area contributed by atoms with Crippen molar-refractivity contribution in [3.05, 3.63) is 82.1 Å². The first-order valence-electron chi connectivity index (χ1n) is 16.7. The molecule has 3 aromatic carbocycles. The number of H-pyrrole nitrogens is 1. The van der Waals surface area contributed by atoms with Crippen molar-refractivity contribution >= 4 is 38.7 Å². The third-order valence-corrected chi connectivity index (χ3v) is 11.0. The van der Waals surface area contributed by atoms with E-state index >= 15 is 0 Å². The summed E-state index contributed by atoms with van der Waals surface area (Å²) in [4.78, 5) is 36.7. The monoisotopic (exact) mass is 626 g/mol. The SMILES string of the molecule is COc1cc(C(=O)N2C[C@H]3CC[C@@H]2[C@@H]3N)cc2nc(-c3cc4cccc(-c5cccc6c(C)cc(=O)[nH]c56)c4n3CC3CC3)n(C)c12. The van der Waals surface area contributed by atoms with Crippen molar-refractivity contribution in [1.29, 1.82) is 0 Å². The summed E-state index contributed by atoms with van der Waals surface area (Å²) in [5, 5.41) is 2.15. The average molecular weight is 627 g/mol. The van der Waals surface area contributed by atoms with Crippen LogP contribution in [-0.2, 0) is 13.6 Å². The summed E-state index contributed by atoms with van der Waals surface area (Å²) in [6.07, 6.45) is 4.46. The van der Waals surface area contributed by atoms with E-state index in [-0.39, 0.29) is 23.6 Å². The number of nitrogens with zero attached hydrogens (tertiary/aromatic N) is 4. The molecule has 2 aliphatic carbocycles. The lowest BCUT2D eigenvalue weighted by molar-refractivity contribution is 0.0700. The van der Waals surface area contributed by atoms with Gasteiger partial charge in [-0.2, -0.15) is 0 Å². The second-order valence-corrected chi connectivity index (χ2v) is 13.9. The average Bonchev–Trinajstić information content (AvgIpc) is 3.46. The number of nitrogens with two attached hydrogens (primary N) is 1. The fourth-order valence-corrected chi connectivity index (χ4v) is 8.42. The molecule has 9 nitrogen and oxygen atoms in total. The molecule has 1 saturated heterocycles. The number of aromatic nitrogens is 4. The van der Waals surface area contributed by atoms with Crippen LogP contribution in [-0.4, -0.2) is 55.6 Å². The van der Waals surface area contributed by atoms with Gasteiger partial charge in [-0.25, -0.2) is 4.98 Å². The molecular weight excluding hydrogens is 588 g/mol. The van der Waals surface area contributed by atoms with Gasteiger partial charge in [0.05, 0.1) is 29.4 Å². The Bertz CT molecular complexity index is 2330. The maximum atomic E-state index is 13.8. The van der Waals surface area contributed by atoms with E-state index in [0.29, 0.717) is 29.7 Å². The number of hydrogen-bond acceptors (Lipinski definition) is 5. The number of para-hydroxylation sites is 2. The Morgan fingerprint density at radius 2 is 1.83 bits per heavy atom. The zero-order chi connectivity index (χ0) is 32.1. The Balaban J connectivity index is 1.22. The maximum absolute atomic E-state index is 13.8. The van der Waals surface area contributed by atoms with E-state index < -0.39 is 0 Å².